The van der Waals surface area contributed by atoms with Gasteiger partial charge < -0.3 is 5.32 Å². The molecule has 18 heavy (non-hydrogen) atoms. The van der Waals surface area contributed by atoms with Gasteiger partial charge in [-0.3, -0.25) is 4.98 Å². The van der Waals surface area contributed by atoms with Gasteiger partial charge in [-0.15, -0.1) is 0 Å². The van der Waals surface area contributed by atoms with Crippen LogP contribution in [0.5, 0.6) is 0 Å². The molecule has 0 saturated carbocycles. The third-order valence-corrected chi connectivity index (χ3v) is 3.44. The van der Waals surface area contributed by atoms with Crippen LogP contribution in [0.15, 0.2) is 47.2 Å². The molecule has 1 heterocycles. The molecule has 1 N–H and O–H groups in total. The number of halogens is 1. The van der Waals surface area contributed by atoms with E-state index >= 15 is 0 Å². The summed E-state index contributed by atoms with van der Waals surface area (Å²) in [4.78, 5) is 4.20. The summed E-state index contributed by atoms with van der Waals surface area (Å²) >= 11 is 3.45. The van der Waals surface area contributed by atoms with Crippen LogP contribution in [0, 0.1) is 6.92 Å². The van der Waals surface area contributed by atoms with Gasteiger partial charge in [-0.25, -0.2) is 0 Å². The lowest BCUT2D eigenvalue weighted by atomic mass is 10.1. The highest BCUT2D eigenvalue weighted by Crippen LogP contribution is 2.16. The Morgan fingerprint density at radius 3 is 2.61 bits per heavy atom. The normalized spacial score (nSPS) is 12.4. The number of rotatable bonds is 4. The van der Waals surface area contributed by atoms with Crippen molar-refractivity contribution in [2.75, 3.05) is 0 Å². The molecule has 0 bridgehead atoms. The Labute approximate surface area is 117 Å². The Kier molecular flexibility index (Phi) is 4.50. The Bertz CT molecular complexity index is 508. The monoisotopic (exact) mass is 304 g/mol. The minimum Gasteiger partial charge on any atom is -0.306 e. The maximum Gasteiger partial charge on any atom is 0.0313 e. The van der Waals surface area contributed by atoms with Gasteiger partial charge in [0.2, 0.25) is 0 Å². The predicted octanol–water partition coefficient (Wildman–Crippen LogP) is 4.00. The molecule has 0 aliphatic rings. The number of aryl methyl sites for hydroxylation is 1. The van der Waals surface area contributed by atoms with Crippen molar-refractivity contribution in [1.82, 2.24) is 10.3 Å². The molecule has 1 aromatic carbocycles. The lowest BCUT2D eigenvalue weighted by Gasteiger charge is -2.14. The van der Waals surface area contributed by atoms with Gasteiger partial charge in [0.25, 0.3) is 0 Å². The zero-order chi connectivity index (χ0) is 13.0. The lowest BCUT2D eigenvalue weighted by Crippen LogP contribution is -2.18. The van der Waals surface area contributed by atoms with Crippen molar-refractivity contribution in [3.05, 3.63) is 63.9 Å². The molecular weight excluding hydrogens is 288 g/mol. The molecule has 3 heteroatoms. The topological polar surface area (TPSA) is 24.9 Å². The summed E-state index contributed by atoms with van der Waals surface area (Å²) in [5.74, 6) is 0. The Morgan fingerprint density at radius 1 is 1.22 bits per heavy atom. The molecule has 1 atom stereocenters. The molecule has 2 rings (SSSR count). The summed E-state index contributed by atoms with van der Waals surface area (Å²) in [6.45, 7) is 5.08. The molecule has 94 valence electrons. The van der Waals surface area contributed by atoms with Crippen LogP contribution in [0.4, 0.5) is 0 Å². The summed E-state index contributed by atoms with van der Waals surface area (Å²) in [5.41, 5.74) is 3.71. The van der Waals surface area contributed by atoms with Crippen LogP contribution in [0.25, 0.3) is 0 Å². The average molecular weight is 305 g/mol. The number of hydrogen-bond acceptors (Lipinski definition) is 2. The lowest BCUT2D eigenvalue weighted by molar-refractivity contribution is 0.573. The largest absolute Gasteiger partial charge is 0.306 e. The third-order valence-electron chi connectivity index (χ3n) is 2.91. The van der Waals surface area contributed by atoms with E-state index in [0.717, 1.165) is 11.0 Å². The van der Waals surface area contributed by atoms with Crippen LogP contribution >= 0.6 is 15.9 Å². The van der Waals surface area contributed by atoms with Gasteiger partial charge in [0, 0.05) is 29.5 Å². The highest BCUT2D eigenvalue weighted by atomic mass is 79.9. The van der Waals surface area contributed by atoms with E-state index in [2.05, 4.69) is 70.4 Å². The Balaban J connectivity index is 1.96. The van der Waals surface area contributed by atoms with Crippen LogP contribution in [0.3, 0.4) is 0 Å². The van der Waals surface area contributed by atoms with Gasteiger partial charge in [-0.1, -0.05) is 34.1 Å². The van der Waals surface area contributed by atoms with Crippen LogP contribution < -0.4 is 5.32 Å². The van der Waals surface area contributed by atoms with E-state index in [1.165, 1.54) is 16.7 Å². The number of aromatic nitrogens is 1. The van der Waals surface area contributed by atoms with Crippen molar-refractivity contribution in [1.29, 1.82) is 0 Å². The highest BCUT2D eigenvalue weighted by molar-refractivity contribution is 9.10. The fourth-order valence-electron chi connectivity index (χ4n) is 1.85. The SMILES string of the molecule is Cc1cncc(CN[C@@H](C)c2ccc(Br)cc2)c1. The zero-order valence-electron chi connectivity index (χ0n) is 10.7. The number of hydrogen-bond donors (Lipinski definition) is 1. The standard InChI is InChI=1S/C15H17BrN2/c1-11-7-13(9-17-8-11)10-18-12(2)14-3-5-15(16)6-4-14/h3-9,12,18H,10H2,1-2H3/t12-/m0/s1. The van der Waals surface area contributed by atoms with Gasteiger partial charge >= 0.3 is 0 Å². The maximum absolute atomic E-state index is 4.20. The second-order valence-electron chi connectivity index (χ2n) is 4.52. The van der Waals surface area contributed by atoms with Gasteiger partial charge in [-0.05, 0) is 42.7 Å². The van der Waals surface area contributed by atoms with Crippen molar-refractivity contribution < 1.29 is 0 Å². The van der Waals surface area contributed by atoms with Crippen molar-refractivity contribution >= 4 is 15.9 Å². The first-order valence-corrected chi connectivity index (χ1v) is 6.84. The van der Waals surface area contributed by atoms with Crippen molar-refractivity contribution in [3.63, 3.8) is 0 Å². The smallest absolute Gasteiger partial charge is 0.0313 e. The Morgan fingerprint density at radius 2 is 1.94 bits per heavy atom. The predicted molar refractivity (Wildman–Crippen MR) is 78.4 cm³/mol. The maximum atomic E-state index is 4.20. The van der Waals surface area contributed by atoms with Crippen LogP contribution in [0.1, 0.15) is 29.7 Å². The minimum atomic E-state index is 0.332. The summed E-state index contributed by atoms with van der Waals surface area (Å²) in [6, 6.07) is 10.9. The quantitative estimate of drug-likeness (QED) is 0.923. The summed E-state index contributed by atoms with van der Waals surface area (Å²) in [6.07, 6.45) is 3.79. The van der Waals surface area contributed by atoms with Crippen molar-refractivity contribution in [2.24, 2.45) is 0 Å². The molecular formula is C15H17BrN2. The van der Waals surface area contributed by atoms with E-state index in [9.17, 15) is 0 Å². The van der Waals surface area contributed by atoms with E-state index in [0.29, 0.717) is 6.04 Å². The summed E-state index contributed by atoms with van der Waals surface area (Å²) in [7, 11) is 0. The van der Waals surface area contributed by atoms with E-state index in [1.54, 1.807) is 0 Å². The van der Waals surface area contributed by atoms with Crippen molar-refractivity contribution in [2.45, 2.75) is 26.4 Å². The highest BCUT2D eigenvalue weighted by Gasteiger charge is 2.04. The average Bonchev–Trinajstić information content (AvgIpc) is 2.37. The molecule has 2 nitrogen and oxygen atoms in total. The molecule has 2 aromatic rings. The fourth-order valence-corrected chi connectivity index (χ4v) is 2.12. The molecule has 0 saturated heterocycles. The second-order valence-corrected chi connectivity index (χ2v) is 5.44. The van der Waals surface area contributed by atoms with E-state index in [1.807, 2.05) is 12.4 Å². The number of nitrogens with zero attached hydrogens (tertiary/aromatic N) is 1. The van der Waals surface area contributed by atoms with Crippen LogP contribution in [-0.2, 0) is 6.54 Å². The van der Waals surface area contributed by atoms with Gasteiger partial charge in [0.15, 0.2) is 0 Å². The minimum absolute atomic E-state index is 0.332. The first-order chi connectivity index (χ1) is 8.65. The van der Waals surface area contributed by atoms with E-state index < -0.39 is 0 Å². The molecule has 0 aliphatic heterocycles. The number of pyridine rings is 1. The molecule has 1 aromatic heterocycles. The summed E-state index contributed by atoms with van der Waals surface area (Å²) in [5, 5.41) is 3.51. The van der Waals surface area contributed by atoms with Crippen LogP contribution in [-0.4, -0.2) is 4.98 Å². The van der Waals surface area contributed by atoms with Gasteiger partial charge in [0.05, 0.1) is 0 Å². The Hall–Kier alpha value is -1.19. The zero-order valence-corrected chi connectivity index (χ0v) is 12.2. The molecule has 0 spiro atoms. The van der Waals surface area contributed by atoms with Gasteiger partial charge in [-0.2, -0.15) is 0 Å². The number of benzene rings is 1. The van der Waals surface area contributed by atoms with E-state index in [4.69, 9.17) is 0 Å². The first kappa shape index (κ1) is 13.2. The second kappa shape index (κ2) is 6.12. The summed E-state index contributed by atoms with van der Waals surface area (Å²) < 4.78 is 1.11. The van der Waals surface area contributed by atoms with Crippen LogP contribution in [0.2, 0.25) is 0 Å². The molecule has 0 amide bonds. The molecule has 0 aliphatic carbocycles. The molecule has 0 fully saturated rings. The van der Waals surface area contributed by atoms with Gasteiger partial charge in [0.1, 0.15) is 0 Å². The third kappa shape index (κ3) is 3.65. The number of nitrogens with one attached hydrogen (secondary N) is 1. The van der Waals surface area contributed by atoms with E-state index in [-0.39, 0.29) is 0 Å². The molecule has 0 unspecified atom stereocenters. The fraction of sp³-hybridized carbons (Fsp3) is 0.267. The molecule has 0 radical (unpaired) electrons. The van der Waals surface area contributed by atoms with Crippen molar-refractivity contribution in [3.8, 4) is 0 Å². The first-order valence-electron chi connectivity index (χ1n) is 6.04.